The largest absolute Gasteiger partial charge is 0.325 e. The highest BCUT2D eigenvalue weighted by molar-refractivity contribution is 7.99. The molecule has 0 saturated heterocycles. The lowest BCUT2D eigenvalue weighted by atomic mass is 10.2. The average molecular weight is 440 g/mol. The molecule has 0 aliphatic heterocycles. The normalized spacial score (nSPS) is 11.0. The molecule has 7 nitrogen and oxygen atoms in total. The van der Waals surface area contributed by atoms with Crippen molar-refractivity contribution in [2.45, 2.75) is 19.0 Å². The molecule has 30 heavy (non-hydrogen) atoms. The molecule has 0 unspecified atom stereocenters. The Morgan fingerprint density at radius 1 is 1.20 bits per heavy atom. The fourth-order valence-electron chi connectivity index (χ4n) is 2.95. The number of hydrogen-bond acceptors (Lipinski definition) is 5. The number of carbonyl (C=O) groups is 1. The van der Waals surface area contributed by atoms with E-state index in [2.05, 4.69) is 20.3 Å². The number of aromatic nitrogens is 4. The Bertz CT molecular complexity index is 1300. The number of imidazole rings is 1. The molecule has 0 saturated carbocycles. The van der Waals surface area contributed by atoms with Crippen molar-refractivity contribution in [3.05, 3.63) is 75.3 Å². The number of benzene rings is 2. The van der Waals surface area contributed by atoms with Crippen molar-refractivity contribution in [2.24, 2.45) is 0 Å². The van der Waals surface area contributed by atoms with Gasteiger partial charge in [-0.1, -0.05) is 47.1 Å². The van der Waals surface area contributed by atoms with Gasteiger partial charge in [0.15, 0.2) is 16.3 Å². The van der Waals surface area contributed by atoms with Crippen LogP contribution in [0.2, 0.25) is 5.02 Å². The van der Waals surface area contributed by atoms with E-state index in [1.165, 1.54) is 18.1 Å². The van der Waals surface area contributed by atoms with E-state index in [1.54, 1.807) is 16.7 Å². The van der Waals surface area contributed by atoms with Gasteiger partial charge in [-0.15, -0.1) is 0 Å². The van der Waals surface area contributed by atoms with Crippen LogP contribution in [0.15, 0.2) is 58.7 Å². The Balaban J connectivity index is 1.64. The molecule has 4 aromatic rings. The maximum atomic E-state index is 12.5. The molecule has 0 atom stereocenters. The van der Waals surface area contributed by atoms with Crippen LogP contribution in [0.4, 0.5) is 5.69 Å². The number of thioether (sulfide) groups is 1. The van der Waals surface area contributed by atoms with E-state index in [0.717, 1.165) is 16.8 Å². The molecular formula is C21H18ClN5O2S. The van der Waals surface area contributed by atoms with Gasteiger partial charge >= 0.3 is 0 Å². The first-order valence-corrected chi connectivity index (χ1v) is 10.5. The van der Waals surface area contributed by atoms with Crippen LogP contribution in [-0.4, -0.2) is 31.2 Å². The zero-order chi connectivity index (χ0) is 21.3. The Labute approximate surface area is 181 Å². The van der Waals surface area contributed by atoms with Gasteiger partial charge in [-0.2, -0.15) is 0 Å². The van der Waals surface area contributed by atoms with E-state index >= 15 is 0 Å². The van der Waals surface area contributed by atoms with Crippen LogP contribution in [0, 0.1) is 13.8 Å². The van der Waals surface area contributed by atoms with Crippen molar-refractivity contribution < 1.29 is 4.79 Å². The third kappa shape index (κ3) is 4.10. The third-order valence-corrected chi connectivity index (χ3v) is 5.69. The summed E-state index contributed by atoms with van der Waals surface area (Å²) in [4.78, 5) is 36.0. The number of carbonyl (C=O) groups excluding carboxylic acids is 1. The summed E-state index contributed by atoms with van der Waals surface area (Å²) in [5.41, 5.74) is 3.85. The van der Waals surface area contributed by atoms with Crippen molar-refractivity contribution in [2.75, 3.05) is 11.1 Å². The monoisotopic (exact) mass is 439 g/mol. The van der Waals surface area contributed by atoms with Gasteiger partial charge in [0.25, 0.3) is 5.56 Å². The minimum absolute atomic E-state index is 0.110. The predicted octanol–water partition coefficient (Wildman–Crippen LogP) is 4.11. The fraction of sp³-hybridized carbons (Fsp3) is 0.143. The van der Waals surface area contributed by atoms with Crippen molar-refractivity contribution in [1.29, 1.82) is 0 Å². The summed E-state index contributed by atoms with van der Waals surface area (Å²) in [5.74, 6) is -0.0891. The highest BCUT2D eigenvalue weighted by Crippen LogP contribution is 2.26. The average Bonchev–Trinajstić information content (AvgIpc) is 3.10. The summed E-state index contributed by atoms with van der Waals surface area (Å²) < 4.78 is 1.78. The van der Waals surface area contributed by atoms with Crippen molar-refractivity contribution >= 4 is 46.1 Å². The van der Waals surface area contributed by atoms with Crippen LogP contribution in [0.3, 0.4) is 0 Å². The second kappa shape index (κ2) is 8.33. The summed E-state index contributed by atoms with van der Waals surface area (Å²) in [6, 6.07) is 13.1. The van der Waals surface area contributed by atoms with Crippen molar-refractivity contribution in [3.63, 3.8) is 0 Å². The summed E-state index contributed by atoms with van der Waals surface area (Å²) in [7, 11) is 0. The smallest absolute Gasteiger partial charge is 0.278 e. The Morgan fingerprint density at radius 3 is 2.73 bits per heavy atom. The molecule has 0 aliphatic carbocycles. The Hall–Kier alpha value is -3.10. The van der Waals surface area contributed by atoms with E-state index in [-0.39, 0.29) is 22.7 Å². The summed E-state index contributed by atoms with van der Waals surface area (Å²) in [6.07, 6.45) is 1.35. The lowest BCUT2D eigenvalue weighted by Crippen LogP contribution is -2.15. The highest BCUT2D eigenvalue weighted by atomic mass is 35.5. The molecule has 2 aromatic carbocycles. The number of amides is 1. The summed E-state index contributed by atoms with van der Waals surface area (Å²) >= 11 is 7.26. The van der Waals surface area contributed by atoms with E-state index < -0.39 is 0 Å². The van der Waals surface area contributed by atoms with Gasteiger partial charge in [0, 0.05) is 16.4 Å². The summed E-state index contributed by atoms with van der Waals surface area (Å²) in [5, 5.41) is 3.93. The maximum Gasteiger partial charge on any atom is 0.278 e. The Kier molecular flexibility index (Phi) is 5.61. The van der Waals surface area contributed by atoms with Gasteiger partial charge in [-0.25, -0.2) is 9.97 Å². The lowest BCUT2D eigenvalue weighted by molar-refractivity contribution is -0.113. The van der Waals surface area contributed by atoms with E-state index in [4.69, 9.17) is 11.6 Å². The number of anilines is 1. The van der Waals surface area contributed by atoms with Crippen LogP contribution in [0.5, 0.6) is 0 Å². The van der Waals surface area contributed by atoms with Crippen LogP contribution in [0.1, 0.15) is 11.1 Å². The molecule has 152 valence electrons. The van der Waals surface area contributed by atoms with Crippen LogP contribution in [0.25, 0.3) is 16.9 Å². The number of rotatable bonds is 5. The predicted molar refractivity (Wildman–Crippen MR) is 120 cm³/mol. The minimum atomic E-state index is -0.327. The van der Waals surface area contributed by atoms with Gasteiger partial charge in [-0.3, -0.25) is 14.2 Å². The second-order valence-corrected chi connectivity index (χ2v) is 8.14. The Morgan fingerprint density at radius 2 is 1.97 bits per heavy atom. The molecule has 1 amide bonds. The van der Waals surface area contributed by atoms with Crippen molar-refractivity contribution in [1.82, 2.24) is 19.5 Å². The molecule has 9 heteroatoms. The van der Waals surface area contributed by atoms with Crippen LogP contribution >= 0.6 is 23.4 Å². The number of halogens is 1. The molecule has 0 fully saturated rings. The topological polar surface area (TPSA) is 92.7 Å². The third-order valence-electron chi connectivity index (χ3n) is 4.52. The first kappa shape index (κ1) is 20.2. The number of H-pyrrole nitrogens is 1. The number of hydrogen-bond donors (Lipinski definition) is 2. The molecule has 0 bridgehead atoms. The SMILES string of the molecule is Cc1ccc(-n2c(SCC(=O)Nc3cc(Cl)ccc3C)nc3c(=O)[nH]cnc32)cc1. The minimum Gasteiger partial charge on any atom is -0.325 e. The first-order valence-electron chi connectivity index (χ1n) is 9.14. The van der Waals surface area contributed by atoms with Crippen molar-refractivity contribution in [3.8, 4) is 5.69 Å². The summed E-state index contributed by atoms with van der Waals surface area (Å²) in [6.45, 7) is 3.89. The number of aryl methyl sites for hydroxylation is 2. The molecule has 2 aromatic heterocycles. The molecular weight excluding hydrogens is 422 g/mol. The zero-order valence-corrected chi connectivity index (χ0v) is 17.8. The molecule has 4 rings (SSSR count). The number of nitrogens with one attached hydrogen (secondary N) is 2. The highest BCUT2D eigenvalue weighted by Gasteiger charge is 2.18. The van der Waals surface area contributed by atoms with Gasteiger partial charge in [0.1, 0.15) is 0 Å². The van der Waals surface area contributed by atoms with Gasteiger partial charge in [0.05, 0.1) is 12.1 Å². The second-order valence-electron chi connectivity index (χ2n) is 6.77. The van der Waals surface area contributed by atoms with Gasteiger partial charge < -0.3 is 10.3 Å². The quantitative estimate of drug-likeness (QED) is 0.456. The molecule has 0 spiro atoms. The zero-order valence-electron chi connectivity index (χ0n) is 16.3. The number of nitrogens with zero attached hydrogens (tertiary/aromatic N) is 3. The van der Waals surface area contributed by atoms with Crippen LogP contribution in [-0.2, 0) is 4.79 Å². The maximum absolute atomic E-state index is 12.5. The number of fused-ring (bicyclic) bond motifs is 1. The first-order chi connectivity index (χ1) is 14.4. The molecule has 0 aliphatic rings. The standard InChI is InChI=1S/C21H18ClN5O2S/c1-12-3-7-15(8-4-12)27-19-18(20(29)24-11-23-19)26-21(27)30-10-17(28)25-16-9-14(22)6-5-13(16)2/h3-9,11H,10H2,1-2H3,(H,25,28)(H,23,24,29). The van der Waals surface area contributed by atoms with Gasteiger partial charge in [0.2, 0.25) is 5.91 Å². The molecule has 2 N–H and O–H groups in total. The number of aromatic amines is 1. The van der Waals surface area contributed by atoms with E-state index in [9.17, 15) is 9.59 Å². The van der Waals surface area contributed by atoms with Gasteiger partial charge in [-0.05, 0) is 43.7 Å². The molecule has 2 heterocycles. The lowest BCUT2D eigenvalue weighted by Gasteiger charge is -2.10. The fourth-order valence-corrected chi connectivity index (χ4v) is 3.93. The van der Waals surface area contributed by atoms with E-state index in [0.29, 0.717) is 21.5 Å². The molecule has 0 radical (unpaired) electrons. The van der Waals surface area contributed by atoms with Crippen LogP contribution < -0.4 is 10.9 Å². The van der Waals surface area contributed by atoms with E-state index in [1.807, 2.05) is 44.2 Å².